The number of carbonyl (C=O) groups is 1. The molecule has 0 saturated heterocycles. The topological polar surface area (TPSA) is 80.9 Å². The highest BCUT2D eigenvalue weighted by molar-refractivity contribution is 8.00. The van der Waals surface area contributed by atoms with E-state index in [0.29, 0.717) is 17.7 Å². The van der Waals surface area contributed by atoms with Crippen LogP contribution in [0.25, 0.3) is 11.5 Å². The number of hydrogen-bond acceptors (Lipinski definition) is 7. The third-order valence-corrected chi connectivity index (χ3v) is 4.81. The molecule has 0 saturated carbocycles. The summed E-state index contributed by atoms with van der Waals surface area (Å²) in [7, 11) is 0. The van der Waals surface area contributed by atoms with E-state index in [9.17, 15) is 4.79 Å². The maximum atomic E-state index is 12.1. The maximum absolute atomic E-state index is 12.1. The average molecular weight is 346 g/mol. The van der Waals surface area contributed by atoms with Gasteiger partial charge in [-0.1, -0.05) is 17.8 Å². The van der Waals surface area contributed by atoms with E-state index in [1.807, 2.05) is 24.4 Å². The molecule has 0 aliphatic heterocycles. The first-order valence-corrected chi connectivity index (χ1v) is 8.69. The molecular weight excluding hydrogens is 332 g/mol. The van der Waals surface area contributed by atoms with Crippen molar-refractivity contribution in [3.63, 3.8) is 0 Å². The second-order valence-electron chi connectivity index (χ2n) is 4.67. The van der Waals surface area contributed by atoms with Crippen molar-refractivity contribution < 1.29 is 9.21 Å². The zero-order chi connectivity index (χ0) is 16.1. The van der Waals surface area contributed by atoms with Crippen LogP contribution in [0.15, 0.2) is 51.7 Å². The predicted molar refractivity (Wildman–Crippen MR) is 89.0 cm³/mol. The van der Waals surface area contributed by atoms with Gasteiger partial charge >= 0.3 is 0 Å². The molecule has 0 aromatic carbocycles. The molecule has 6 nitrogen and oxygen atoms in total. The van der Waals surface area contributed by atoms with Crippen molar-refractivity contribution >= 4 is 29.0 Å². The zero-order valence-corrected chi connectivity index (χ0v) is 13.9. The number of nitrogens with zero attached hydrogens (tertiary/aromatic N) is 3. The molecule has 0 unspecified atom stereocenters. The fraction of sp³-hybridized carbons (Fsp3) is 0.200. The van der Waals surface area contributed by atoms with Crippen LogP contribution < -0.4 is 5.32 Å². The molecule has 0 fully saturated rings. The van der Waals surface area contributed by atoms with E-state index in [1.54, 1.807) is 35.9 Å². The number of rotatable bonds is 6. The van der Waals surface area contributed by atoms with Gasteiger partial charge in [0.2, 0.25) is 11.8 Å². The van der Waals surface area contributed by atoms with E-state index in [4.69, 9.17) is 4.42 Å². The molecule has 0 bridgehead atoms. The Balaban J connectivity index is 1.56. The van der Waals surface area contributed by atoms with Crippen LogP contribution in [0.2, 0.25) is 0 Å². The Morgan fingerprint density at radius 3 is 2.91 bits per heavy atom. The summed E-state index contributed by atoms with van der Waals surface area (Å²) in [6.07, 6.45) is 3.32. The van der Waals surface area contributed by atoms with Crippen molar-refractivity contribution in [1.82, 2.24) is 20.5 Å². The molecular formula is C15H14N4O2S2. The number of thioether (sulfide) groups is 1. The summed E-state index contributed by atoms with van der Waals surface area (Å²) < 4.78 is 5.58. The molecule has 23 heavy (non-hydrogen) atoms. The number of aromatic nitrogens is 3. The van der Waals surface area contributed by atoms with Gasteiger partial charge in [0, 0.05) is 22.8 Å². The Labute approximate surface area is 141 Å². The van der Waals surface area contributed by atoms with Gasteiger partial charge in [0.25, 0.3) is 5.22 Å². The molecule has 0 spiro atoms. The zero-order valence-electron chi connectivity index (χ0n) is 12.3. The highest BCUT2D eigenvalue weighted by Crippen LogP contribution is 2.25. The SMILES string of the molecule is C[C@H](Sc1nnc(-c2ccncc2)o1)C(=O)NCc1cccs1. The molecule has 3 aromatic heterocycles. The summed E-state index contributed by atoms with van der Waals surface area (Å²) in [6, 6.07) is 7.53. The van der Waals surface area contributed by atoms with Crippen LogP contribution in [0.3, 0.4) is 0 Å². The van der Waals surface area contributed by atoms with Crippen LogP contribution in [0.5, 0.6) is 0 Å². The standard InChI is InChI=1S/C15H14N4O2S2/c1-10(13(20)17-9-12-3-2-8-22-12)23-15-19-18-14(21-15)11-4-6-16-7-5-11/h2-8,10H,9H2,1H3,(H,17,20)/t10-/m0/s1. The van der Waals surface area contributed by atoms with Crippen molar-refractivity contribution in [2.24, 2.45) is 0 Å². The summed E-state index contributed by atoms with van der Waals surface area (Å²) in [5, 5.41) is 12.9. The Hall–Kier alpha value is -2.19. The molecule has 3 aromatic rings. The lowest BCUT2D eigenvalue weighted by atomic mass is 10.3. The van der Waals surface area contributed by atoms with Crippen LogP contribution in [0.1, 0.15) is 11.8 Å². The minimum atomic E-state index is -0.319. The molecule has 1 N–H and O–H groups in total. The van der Waals surface area contributed by atoms with Gasteiger partial charge in [-0.15, -0.1) is 21.5 Å². The minimum absolute atomic E-state index is 0.0629. The number of hydrogen-bond donors (Lipinski definition) is 1. The van der Waals surface area contributed by atoms with E-state index in [0.717, 1.165) is 10.4 Å². The molecule has 0 aliphatic carbocycles. The van der Waals surface area contributed by atoms with Crippen LogP contribution >= 0.6 is 23.1 Å². The van der Waals surface area contributed by atoms with Gasteiger partial charge in [-0.05, 0) is 30.5 Å². The normalized spacial score (nSPS) is 12.0. The van der Waals surface area contributed by atoms with Crippen LogP contribution in [-0.2, 0) is 11.3 Å². The van der Waals surface area contributed by atoms with Crippen molar-refractivity contribution in [1.29, 1.82) is 0 Å². The fourth-order valence-corrected chi connectivity index (χ4v) is 3.16. The van der Waals surface area contributed by atoms with E-state index < -0.39 is 0 Å². The lowest BCUT2D eigenvalue weighted by molar-refractivity contribution is -0.120. The lowest BCUT2D eigenvalue weighted by Gasteiger charge is -2.08. The summed E-state index contributed by atoms with van der Waals surface area (Å²) >= 11 is 2.85. The summed E-state index contributed by atoms with van der Waals surface area (Å²) in [6.45, 7) is 2.35. The maximum Gasteiger partial charge on any atom is 0.277 e. The monoisotopic (exact) mass is 346 g/mol. The van der Waals surface area contributed by atoms with E-state index >= 15 is 0 Å². The molecule has 1 amide bonds. The molecule has 118 valence electrons. The van der Waals surface area contributed by atoms with Gasteiger partial charge in [-0.3, -0.25) is 9.78 Å². The summed E-state index contributed by atoms with van der Waals surface area (Å²) in [4.78, 5) is 17.2. The Morgan fingerprint density at radius 1 is 1.35 bits per heavy atom. The summed E-state index contributed by atoms with van der Waals surface area (Å²) in [5.74, 6) is 0.355. The van der Waals surface area contributed by atoms with Crippen molar-refractivity contribution in [2.45, 2.75) is 23.9 Å². The van der Waals surface area contributed by atoms with Crippen LogP contribution in [0.4, 0.5) is 0 Å². The van der Waals surface area contributed by atoms with Gasteiger partial charge in [-0.2, -0.15) is 0 Å². The smallest absolute Gasteiger partial charge is 0.277 e. The summed E-state index contributed by atoms with van der Waals surface area (Å²) in [5.41, 5.74) is 0.800. The predicted octanol–water partition coefficient (Wildman–Crippen LogP) is 2.99. The van der Waals surface area contributed by atoms with Crippen LogP contribution in [0, 0.1) is 0 Å². The van der Waals surface area contributed by atoms with Crippen molar-refractivity contribution in [2.75, 3.05) is 0 Å². The van der Waals surface area contributed by atoms with E-state index in [-0.39, 0.29) is 11.2 Å². The second-order valence-corrected chi connectivity index (χ2v) is 6.99. The molecule has 0 aliphatic rings. The number of thiophene rings is 1. The highest BCUT2D eigenvalue weighted by Gasteiger charge is 2.18. The first-order chi connectivity index (χ1) is 11.2. The number of pyridine rings is 1. The van der Waals surface area contributed by atoms with Gasteiger partial charge in [-0.25, -0.2) is 0 Å². The largest absolute Gasteiger partial charge is 0.411 e. The molecule has 3 rings (SSSR count). The van der Waals surface area contributed by atoms with Gasteiger partial charge in [0.1, 0.15) is 0 Å². The number of carbonyl (C=O) groups excluding carboxylic acids is 1. The first-order valence-electron chi connectivity index (χ1n) is 6.93. The third-order valence-electron chi connectivity index (χ3n) is 3.00. The fourth-order valence-electron chi connectivity index (χ4n) is 1.80. The Kier molecular flexibility index (Phi) is 5.04. The molecule has 1 atom stereocenters. The van der Waals surface area contributed by atoms with Crippen molar-refractivity contribution in [3.05, 3.63) is 46.9 Å². The Bertz CT molecular complexity index is 759. The lowest BCUT2D eigenvalue weighted by Crippen LogP contribution is -2.30. The van der Waals surface area contributed by atoms with E-state index in [1.165, 1.54) is 11.8 Å². The Morgan fingerprint density at radius 2 is 2.17 bits per heavy atom. The first kappa shape index (κ1) is 15.7. The quantitative estimate of drug-likeness (QED) is 0.691. The minimum Gasteiger partial charge on any atom is -0.411 e. The van der Waals surface area contributed by atoms with Gasteiger partial charge in [0.05, 0.1) is 11.8 Å². The number of nitrogens with one attached hydrogen (secondary N) is 1. The molecule has 3 heterocycles. The van der Waals surface area contributed by atoms with E-state index in [2.05, 4.69) is 20.5 Å². The highest BCUT2D eigenvalue weighted by atomic mass is 32.2. The van der Waals surface area contributed by atoms with Gasteiger partial charge in [0.15, 0.2) is 0 Å². The number of amides is 1. The van der Waals surface area contributed by atoms with Crippen LogP contribution in [-0.4, -0.2) is 26.3 Å². The second kappa shape index (κ2) is 7.38. The molecule has 0 radical (unpaired) electrons. The molecule has 8 heteroatoms. The van der Waals surface area contributed by atoms with Gasteiger partial charge < -0.3 is 9.73 Å². The third kappa shape index (κ3) is 4.17. The average Bonchev–Trinajstić information content (AvgIpc) is 3.25. The van der Waals surface area contributed by atoms with Crippen molar-refractivity contribution in [3.8, 4) is 11.5 Å².